The van der Waals surface area contributed by atoms with Gasteiger partial charge in [0.15, 0.2) is 0 Å². The molecule has 1 rings (SSSR count). The second-order valence-corrected chi connectivity index (χ2v) is 3.43. The van der Waals surface area contributed by atoms with Crippen molar-refractivity contribution < 1.29 is 4.74 Å². The lowest BCUT2D eigenvalue weighted by Crippen LogP contribution is -2.30. The molecule has 0 saturated carbocycles. The molecular formula is C9H16O. The van der Waals surface area contributed by atoms with Crippen LogP contribution in [0.4, 0.5) is 0 Å². The summed E-state index contributed by atoms with van der Waals surface area (Å²) in [6.07, 6.45) is 6.22. The van der Waals surface area contributed by atoms with Crippen LogP contribution in [0.25, 0.3) is 0 Å². The summed E-state index contributed by atoms with van der Waals surface area (Å²) in [4.78, 5) is 0. The van der Waals surface area contributed by atoms with Crippen molar-refractivity contribution in [1.29, 1.82) is 0 Å². The largest absolute Gasteiger partial charge is 0.495 e. The standard InChI is InChI=1S/C9H16O/c1-4-9(3)7-8(2)5-6-10-9/h5-6,8H,4,7H2,1-3H3. The van der Waals surface area contributed by atoms with E-state index >= 15 is 0 Å². The van der Waals surface area contributed by atoms with E-state index in [0.29, 0.717) is 5.92 Å². The third-order valence-electron chi connectivity index (χ3n) is 2.26. The van der Waals surface area contributed by atoms with Crippen LogP contribution in [-0.4, -0.2) is 5.60 Å². The number of hydrogen-bond donors (Lipinski definition) is 0. The Morgan fingerprint density at radius 1 is 1.70 bits per heavy atom. The van der Waals surface area contributed by atoms with E-state index in [0.717, 1.165) is 12.8 Å². The van der Waals surface area contributed by atoms with E-state index in [9.17, 15) is 0 Å². The quantitative estimate of drug-likeness (QED) is 0.544. The predicted octanol–water partition coefficient (Wildman–Crippen LogP) is 2.73. The average Bonchev–Trinajstić information content (AvgIpc) is 1.88. The minimum atomic E-state index is 0.105. The summed E-state index contributed by atoms with van der Waals surface area (Å²) >= 11 is 0. The molecule has 0 fully saturated rings. The molecular weight excluding hydrogens is 124 g/mol. The Kier molecular flexibility index (Phi) is 2.02. The van der Waals surface area contributed by atoms with Gasteiger partial charge in [-0.2, -0.15) is 0 Å². The normalized spacial score (nSPS) is 39.3. The third kappa shape index (κ3) is 1.53. The van der Waals surface area contributed by atoms with Crippen molar-refractivity contribution in [2.24, 2.45) is 5.92 Å². The van der Waals surface area contributed by atoms with Crippen LogP contribution >= 0.6 is 0 Å². The number of ether oxygens (including phenoxy) is 1. The van der Waals surface area contributed by atoms with Crippen molar-refractivity contribution in [3.63, 3.8) is 0 Å². The van der Waals surface area contributed by atoms with Gasteiger partial charge >= 0.3 is 0 Å². The van der Waals surface area contributed by atoms with Gasteiger partial charge in [-0.1, -0.05) is 13.8 Å². The molecule has 1 aliphatic rings. The summed E-state index contributed by atoms with van der Waals surface area (Å²) < 4.78 is 5.50. The van der Waals surface area contributed by atoms with E-state index in [1.807, 2.05) is 6.26 Å². The molecule has 0 aromatic heterocycles. The van der Waals surface area contributed by atoms with E-state index in [2.05, 4.69) is 26.8 Å². The molecule has 0 N–H and O–H groups in total. The molecule has 0 bridgehead atoms. The summed E-state index contributed by atoms with van der Waals surface area (Å²) in [6, 6.07) is 0. The lowest BCUT2D eigenvalue weighted by atomic mass is 9.89. The molecule has 2 unspecified atom stereocenters. The van der Waals surface area contributed by atoms with Crippen LogP contribution in [0.1, 0.15) is 33.6 Å². The Hall–Kier alpha value is -0.460. The van der Waals surface area contributed by atoms with Crippen molar-refractivity contribution >= 4 is 0 Å². The van der Waals surface area contributed by atoms with Crippen LogP contribution in [0, 0.1) is 5.92 Å². The highest BCUT2D eigenvalue weighted by atomic mass is 16.5. The Bertz CT molecular complexity index is 140. The van der Waals surface area contributed by atoms with Gasteiger partial charge in [-0.3, -0.25) is 0 Å². The van der Waals surface area contributed by atoms with Gasteiger partial charge in [-0.05, 0) is 31.8 Å². The molecule has 0 radical (unpaired) electrons. The topological polar surface area (TPSA) is 9.23 Å². The fourth-order valence-electron chi connectivity index (χ4n) is 1.36. The first-order valence-electron chi connectivity index (χ1n) is 4.01. The summed E-state index contributed by atoms with van der Waals surface area (Å²) in [5.74, 6) is 0.679. The van der Waals surface area contributed by atoms with E-state index in [1.54, 1.807) is 0 Å². The third-order valence-corrected chi connectivity index (χ3v) is 2.26. The fourth-order valence-corrected chi connectivity index (χ4v) is 1.36. The molecule has 1 heterocycles. The zero-order valence-corrected chi connectivity index (χ0v) is 7.05. The average molecular weight is 140 g/mol. The second kappa shape index (κ2) is 2.65. The fraction of sp³-hybridized carbons (Fsp3) is 0.778. The number of allylic oxidation sites excluding steroid dienone is 1. The van der Waals surface area contributed by atoms with Crippen LogP contribution < -0.4 is 0 Å². The Morgan fingerprint density at radius 2 is 2.40 bits per heavy atom. The van der Waals surface area contributed by atoms with Gasteiger partial charge in [0.2, 0.25) is 0 Å². The highest BCUT2D eigenvalue weighted by Crippen LogP contribution is 2.29. The predicted molar refractivity (Wildman–Crippen MR) is 42.7 cm³/mol. The van der Waals surface area contributed by atoms with Crippen molar-refractivity contribution in [3.05, 3.63) is 12.3 Å². The maximum atomic E-state index is 5.50. The summed E-state index contributed by atoms with van der Waals surface area (Å²) in [5, 5.41) is 0. The van der Waals surface area contributed by atoms with Crippen LogP contribution in [0.15, 0.2) is 12.3 Å². The monoisotopic (exact) mass is 140 g/mol. The van der Waals surface area contributed by atoms with Crippen LogP contribution in [0.3, 0.4) is 0 Å². The summed E-state index contributed by atoms with van der Waals surface area (Å²) in [6.45, 7) is 6.58. The van der Waals surface area contributed by atoms with Gasteiger partial charge < -0.3 is 4.74 Å². The lowest BCUT2D eigenvalue weighted by Gasteiger charge is -2.33. The van der Waals surface area contributed by atoms with Gasteiger partial charge in [0.25, 0.3) is 0 Å². The number of rotatable bonds is 1. The highest BCUT2D eigenvalue weighted by molar-refractivity contribution is 4.93. The van der Waals surface area contributed by atoms with E-state index in [-0.39, 0.29) is 5.60 Å². The maximum absolute atomic E-state index is 5.50. The van der Waals surface area contributed by atoms with Crippen molar-refractivity contribution in [2.45, 2.75) is 39.2 Å². The molecule has 0 aliphatic carbocycles. The maximum Gasteiger partial charge on any atom is 0.106 e. The molecule has 58 valence electrons. The van der Waals surface area contributed by atoms with Gasteiger partial charge in [-0.25, -0.2) is 0 Å². The Balaban J connectivity index is 2.58. The zero-order chi connectivity index (χ0) is 7.61. The first-order chi connectivity index (χ1) is 4.66. The lowest BCUT2D eigenvalue weighted by molar-refractivity contribution is 0.00624. The molecule has 10 heavy (non-hydrogen) atoms. The first kappa shape index (κ1) is 7.64. The Morgan fingerprint density at radius 3 is 2.80 bits per heavy atom. The van der Waals surface area contributed by atoms with Gasteiger partial charge in [0.1, 0.15) is 5.60 Å². The first-order valence-corrected chi connectivity index (χ1v) is 4.01. The zero-order valence-electron chi connectivity index (χ0n) is 7.05. The van der Waals surface area contributed by atoms with E-state index in [4.69, 9.17) is 4.74 Å². The highest BCUT2D eigenvalue weighted by Gasteiger charge is 2.26. The molecule has 0 spiro atoms. The molecule has 0 aromatic carbocycles. The minimum absolute atomic E-state index is 0.105. The molecule has 0 saturated heterocycles. The molecule has 0 aromatic rings. The summed E-state index contributed by atoms with van der Waals surface area (Å²) in [7, 11) is 0. The second-order valence-electron chi connectivity index (χ2n) is 3.43. The van der Waals surface area contributed by atoms with E-state index < -0.39 is 0 Å². The Labute approximate surface area is 63.1 Å². The van der Waals surface area contributed by atoms with Crippen LogP contribution in [0.5, 0.6) is 0 Å². The van der Waals surface area contributed by atoms with Crippen molar-refractivity contribution in [3.8, 4) is 0 Å². The molecule has 1 heteroatoms. The molecule has 0 amide bonds. The van der Waals surface area contributed by atoms with Crippen LogP contribution in [-0.2, 0) is 4.74 Å². The van der Waals surface area contributed by atoms with Gasteiger partial charge in [0.05, 0.1) is 6.26 Å². The van der Waals surface area contributed by atoms with Crippen LogP contribution in [0.2, 0.25) is 0 Å². The molecule has 2 atom stereocenters. The van der Waals surface area contributed by atoms with Gasteiger partial charge in [0, 0.05) is 0 Å². The van der Waals surface area contributed by atoms with Crippen molar-refractivity contribution in [1.82, 2.24) is 0 Å². The summed E-state index contributed by atoms with van der Waals surface area (Å²) in [5.41, 5.74) is 0.105. The molecule has 1 nitrogen and oxygen atoms in total. The SMILES string of the molecule is CCC1(C)CC(C)C=CO1. The van der Waals surface area contributed by atoms with Crippen molar-refractivity contribution in [2.75, 3.05) is 0 Å². The van der Waals surface area contributed by atoms with Gasteiger partial charge in [-0.15, -0.1) is 0 Å². The smallest absolute Gasteiger partial charge is 0.106 e. The number of hydrogen-bond acceptors (Lipinski definition) is 1. The van der Waals surface area contributed by atoms with E-state index in [1.165, 1.54) is 0 Å². The minimum Gasteiger partial charge on any atom is -0.495 e. The molecule has 1 aliphatic heterocycles.